The van der Waals surface area contributed by atoms with Gasteiger partial charge in [0.15, 0.2) is 0 Å². The van der Waals surface area contributed by atoms with Crippen LogP contribution in [0.3, 0.4) is 0 Å². The van der Waals surface area contributed by atoms with Crippen molar-refractivity contribution < 1.29 is 19.2 Å². The first-order valence-electron chi connectivity index (χ1n) is 9.16. The zero-order valence-electron chi connectivity index (χ0n) is 16.0. The van der Waals surface area contributed by atoms with Crippen LogP contribution in [-0.4, -0.2) is 33.2 Å². The number of thiophene rings is 1. The minimum absolute atomic E-state index is 0.140. The molecule has 0 saturated carbocycles. The fraction of sp³-hybridized carbons (Fsp3) is 0.500. The van der Waals surface area contributed by atoms with E-state index in [9.17, 15) is 19.7 Å². The van der Waals surface area contributed by atoms with Gasteiger partial charge in [-0.05, 0) is 52.0 Å². The van der Waals surface area contributed by atoms with Crippen LogP contribution in [0.5, 0.6) is 0 Å². The number of nitro groups is 1. The van der Waals surface area contributed by atoms with Crippen LogP contribution in [0.25, 0.3) is 0 Å². The number of ether oxygens (including phenoxy) is 1. The summed E-state index contributed by atoms with van der Waals surface area (Å²) in [4.78, 5) is 36.8. The lowest BCUT2D eigenvalue weighted by Crippen LogP contribution is -2.24. The van der Waals surface area contributed by atoms with Crippen LogP contribution in [0, 0.1) is 17.0 Å². The number of nitrogens with zero attached hydrogens (tertiary/aromatic N) is 3. The van der Waals surface area contributed by atoms with Crippen LogP contribution in [0.4, 0.5) is 10.7 Å². The number of anilines is 1. The van der Waals surface area contributed by atoms with Gasteiger partial charge in [-0.1, -0.05) is 0 Å². The number of fused-ring (bicyclic) bond motifs is 1. The molecule has 3 rings (SSSR count). The third-order valence-electron chi connectivity index (χ3n) is 4.75. The maximum absolute atomic E-state index is 12.8. The molecule has 150 valence electrons. The standard InChI is InChI=1S/C18H22N4O5S/c1-4-27-18(24)15-12-7-5-6-8-14(12)28-17(15)19-16(23)11(3)21-9-13(22(25)26)10(2)20-21/h9,11H,4-8H2,1-3H3,(H,19,23). The van der Waals surface area contributed by atoms with Gasteiger partial charge in [-0.25, -0.2) is 4.79 Å². The van der Waals surface area contributed by atoms with E-state index in [0.717, 1.165) is 36.1 Å². The van der Waals surface area contributed by atoms with Crippen molar-refractivity contribution in [2.24, 2.45) is 0 Å². The molecule has 0 bridgehead atoms. The predicted molar refractivity (Wildman–Crippen MR) is 104 cm³/mol. The Hall–Kier alpha value is -2.75. The molecule has 2 aromatic heterocycles. The third-order valence-corrected chi connectivity index (χ3v) is 5.96. The molecule has 2 heterocycles. The van der Waals surface area contributed by atoms with Crippen molar-refractivity contribution in [1.29, 1.82) is 0 Å². The lowest BCUT2D eigenvalue weighted by Gasteiger charge is -2.14. The number of carbonyl (C=O) groups is 2. The van der Waals surface area contributed by atoms with E-state index in [1.807, 2.05) is 0 Å². The van der Waals surface area contributed by atoms with Crippen molar-refractivity contribution in [3.05, 3.63) is 38.0 Å². The molecule has 28 heavy (non-hydrogen) atoms. The van der Waals surface area contributed by atoms with E-state index >= 15 is 0 Å². The minimum Gasteiger partial charge on any atom is -0.462 e. The quantitative estimate of drug-likeness (QED) is 0.446. The van der Waals surface area contributed by atoms with Crippen molar-refractivity contribution in [2.45, 2.75) is 52.5 Å². The summed E-state index contributed by atoms with van der Waals surface area (Å²) in [6, 6.07) is -0.776. The molecular formula is C18H22N4O5S. The second kappa shape index (κ2) is 8.09. The molecule has 0 aromatic carbocycles. The van der Waals surface area contributed by atoms with Gasteiger partial charge < -0.3 is 10.1 Å². The summed E-state index contributed by atoms with van der Waals surface area (Å²) in [5, 5.41) is 18.4. The van der Waals surface area contributed by atoms with Gasteiger partial charge in [-0.3, -0.25) is 19.6 Å². The predicted octanol–water partition coefficient (Wildman–Crippen LogP) is 3.42. The van der Waals surface area contributed by atoms with Crippen molar-refractivity contribution >= 4 is 33.9 Å². The first-order chi connectivity index (χ1) is 13.3. The summed E-state index contributed by atoms with van der Waals surface area (Å²) in [7, 11) is 0. The zero-order chi connectivity index (χ0) is 20.4. The normalized spacial score (nSPS) is 14.2. The zero-order valence-corrected chi connectivity index (χ0v) is 16.8. The topological polar surface area (TPSA) is 116 Å². The number of hydrogen-bond acceptors (Lipinski definition) is 7. The van der Waals surface area contributed by atoms with Crippen molar-refractivity contribution in [3.63, 3.8) is 0 Å². The van der Waals surface area contributed by atoms with Crippen molar-refractivity contribution in [2.75, 3.05) is 11.9 Å². The SMILES string of the molecule is CCOC(=O)c1c(NC(=O)C(C)n2cc([N+](=O)[O-])c(C)n2)sc2c1CCCC2. The van der Waals surface area contributed by atoms with E-state index in [1.54, 1.807) is 13.8 Å². The Labute approximate surface area is 165 Å². The van der Waals surface area contributed by atoms with Crippen LogP contribution >= 0.6 is 11.3 Å². The number of aromatic nitrogens is 2. The van der Waals surface area contributed by atoms with E-state index in [1.165, 1.54) is 29.1 Å². The van der Waals surface area contributed by atoms with E-state index in [2.05, 4.69) is 10.4 Å². The number of carbonyl (C=O) groups excluding carboxylic acids is 2. The maximum Gasteiger partial charge on any atom is 0.341 e. The van der Waals surface area contributed by atoms with Crippen LogP contribution in [0.15, 0.2) is 6.20 Å². The monoisotopic (exact) mass is 406 g/mol. The molecule has 10 heteroatoms. The fourth-order valence-electron chi connectivity index (χ4n) is 3.26. The molecule has 0 fully saturated rings. The highest BCUT2D eigenvalue weighted by atomic mass is 32.1. The second-order valence-electron chi connectivity index (χ2n) is 6.64. The lowest BCUT2D eigenvalue weighted by atomic mass is 9.95. The van der Waals surface area contributed by atoms with Gasteiger partial charge >= 0.3 is 11.7 Å². The molecule has 0 aliphatic heterocycles. The molecule has 1 amide bonds. The smallest absolute Gasteiger partial charge is 0.341 e. The van der Waals surface area contributed by atoms with Gasteiger partial charge in [0.1, 0.15) is 22.9 Å². The average molecular weight is 406 g/mol. The summed E-state index contributed by atoms with van der Waals surface area (Å²) < 4.78 is 6.45. The van der Waals surface area contributed by atoms with Crippen molar-refractivity contribution in [1.82, 2.24) is 9.78 Å². The van der Waals surface area contributed by atoms with Gasteiger partial charge in [-0.15, -0.1) is 11.3 Å². The van der Waals surface area contributed by atoms with Crippen LogP contribution in [-0.2, 0) is 22.4 Å². The molecule has 1 unspecified atom stereocenters. The van der Waals surface area contributed by atoms with E-state index in [4.69, 9.17) is 4.74 Å². The van der Waals surface area contributed by atoms with Gasteiger partial charge in [0, 0.05) is 4.88 Å². The summed E-state index contributed by atoms with van der Waals surface area (Å²) in [5.41, 5.74) is 1.50. The number of esters is 1. The molecule has 0 radical (unpaired) electrons. The number of nitrogens with one attached hydrogen (secondary N) is 1. The summed E-state index contributed by atoms with van der Waals surface area (Å²) in [6.45, 7) is 5.11. The largest absolute Gasteiger partial charge is 0.462 e. The molecule has 1 N–H and O–H groups in total. The van der Waals surface area contributed by atoms with Crippen LogP contribution in [0.1, 0.15) is 59.2 Å². The molecule has 2 aromatic rings. The van der Waals surface area contributed by atoms with E-state index in [0.29, 0.717) is 10.6 Å². The third kappa shape index (κ3) is 3.77. The van der Waals surface area contributed by atoms with Gasteiger partial charge in [0.05, 0.1) is 17.1 Å². The average Bonchev–Trinajstić information content (AvgIpc) is 3.21. The molecule has 0 saturated heterocycles. The molecule has 1 aliphatic carbocycles. The van der Waals surface area contributed by atoms with Gasteiger partial charge in [-0.2, -0.15) is 5.10 Å². The lowest BCUT2D eigenvalue weighted by molar-refractivity contribution is -0.385. The number of rotatable bonds is 6. The number of hydrogen-bond donors (Lipinski definition) is 1. The number of aryl methyl sites for hydroxylation is 2. The van der Waals surface area contributed by atoms with Crippen LogP contribution in [0.2, 0.25) is 0 Å². The minimum atomic E-state index is -0.776. The molecule has 0 spiro atoms. The summed E-state index contributed by atoms with van der Waals surface area (Å²) >= 11 is 1.40. The Balaban J connectivity index is 1.87. The Morgan fingerprint density at radius 2 is 2.14 bits per heavy atom. The second-order valence-corrected chi connectivity index (χ2v) is 7.74. The highest BCUT2D eigenvalue weighted by Gasteiger charge is 2.29. The Morgan fingerprint density at radius 3 is 2.79 bits per heavy atom. The first-order valence-corrected chi connectivity index (χ1v) is 9.97. The Kier molecular flexibility index (Phi) is 5.78. The molecule has 1 atom stereocenters. The molecular weight excluding hydrogens is 384 g/mol. The Morgan fingerprint density at radius 1 is 1.43 bits per heavy atom. The summed E-state index contributed by atoms with van der Waals surface area (Å²) in [5.74, 6) is -0.836. The fourth-order valence-corrected chi connectivity index (χ4v) is 4.54. The highest BCUT2D eigenvalue weighted by molar-refractivity contribution is 7.17. The summed E-state index contributed by atoms with van der Waals surface area (Å²) in [6.07, 6.45) is 4.95. The van der Waals surface area contributed by atoms with E-state index < -0.39 is 22.8 Å². The van der Waals surface area contributed by atoms with Crippen molar-refractivity contribution in [3.8, 4) is 0 Å². The number of amides is 1. The Bertz CT molecular complexity index is 933. The highest BCUT2D eigenvalue weighted by Crippen LogP contribution is 2.39. The van der Waals surface area contributed by atoms with Gasteiger partial charge in [0.25, 0.3) is 0 Å². The van der Waals surface area contributed by atoms with Gasteiger partial charge in [0.2, 0.25) is 5.91 Å². The van der Waals surface area contributed by atoms with E-state index in [-0.39, 0.29) is 18.0 Å². The first kappa shape index (κ1) is 20.0. The van der Waals surface area contributed by atoms with Crippen LogP contribution < -0.4 is 5.32 Å². The maximum atomic E-state index is 12.8. The molecule has 9 nitrogen and oxygen atoms in total. The molecule has 1 aliphatic rings.